The first kappa shape index (κ1) is 30.3. The lowest BCUT2D eigenvalue weighted by Gasteiger charge is -2.16. The van der Waals surface area contributed by atoms with E-state index in [2.05, 4.69) is 150 Å². The van der Waals surface area contributed by atoms with E-state index in [0.717, 1.165) is 66.5 Å². The second-order valence-electron chi connectivity index (χ2n) is 13.6. The summed E-state index contributed by atoms with van der Waals surface area (Å²) in [4.78, 5) is 15.8. The molecule has 8 aromatic carbocycles. The summed E-state index contributed by atoms with van der Waals surface area (Å²) in [5, 5.41) is 6.72. The quantitative estimate of drug-likeness (QED) is 0.180. The second-order valence-corrected chi connectivity index (χ2v) is 13.6. The van der Waals surface area contributed by atoms with Crippen LogP contribution in [0.4, 0.5) is 0 Å². The average Bonchev–Trinajstić information content (AvgIpc) is 3.78. The molecule has 0 radical (unpaired) electrons. The Balaban J connectivity index is 1.26. The van der Waals surface area contributed by atoms with Crippen molar-refractivity contribution in [1.82, 2.24) is 19.5 Å². The monoisotopic (exact) mass is 690 g/mol. The van der Waals surface area contributed by atoms with E-state index in [1.54, 1.807) is 0 Å². The van der Waals surface area contributed by atoms with Crippen LogP contribution in [0, 0.1) is 0 Å². The highest BCUT2D eigenvalue weighted by Gasteiger charge is 2.24. The maximum atomic E-state index is 6.53. The van der Waals surface area contributed by atoms with Gasteiger partial charge in [0.2, 0.25) is 0 Å². The van der Waals surface area contributed by atoms with Crippen LogP contribution in [0.5, 0.6) is 0 Å². The number of hydrogen-bond donors (Lipinski definition) is 0. The maximum Gasteiger partial charge on any atom is 0.166 e. The van der Waals surface area contributed by atoms with E-state index < -0.39 is 0 Å². The Morgan fingerprint density at radius 2 is 0.981 bits per heavy atom. The predicted molar refractivity (Wildman–Crippen MR) is 221 cm³/mol. The zero-order chi connectivity index (χ0) is 35.6. The third-order valence-electron chi connectivity index (χ3n) is 10.4. The molecule has 0 aliphatic rings. The van der Waals surface area contributed by atoms with E-state index >= 15 is 0 Å². The molecule has 11 rings (SSSR count). The molecule has 3 heterocycles. The van der Waals surface area contributed by atoms with Crippen molar-refractivity contribution >= 4 is 54.5 Å². The summed E-state index contributed by atoms with van der Waals surface area (Å²) in [5.41, 5.74) is 9.69. The van der Waals surface area contributed by atoms with Gasteiger partial charge in [0, 0.05) is 32.7 Å². The van der Waals surface area contributed by atoms with Crippen LogP contribution in [0.1, 0.15) is 0 Å². The van der Waals surface area contributed by atoms with Crippen molar-refractivity contribution in [2.24, 2.45) is 0 Å². The molecule has 0 bridgehead atoms. The maximum absolute atomic E-state index is 6.53. The zero-order valence-electron chi connectivity index (χ0n) is 29.0. The number of fused-ring (bicyclic) bond motifs is 7. The van der Waals surface area contributed by atoms with Gasteiger partial charge in [-0.05, 0) is 64.4 Å². The summed E-state index contributed by atoms with van der Waals surface area (Å²) in [7, 11) is 0. The van der Waals surface area contributed by atoms with Crippen LogP contribution in [-0.2, 0) is 0 Å². The summed E-state index contributed by atoms with van der Waals surface area (Å²) in [5.74, 6) is 1.77. The van der Waals surface area contributed by atoms with Crippen LogP contribution >= 0.6 is 0 Å². The SMILES string of the molecule is c1ccc(-c2cccc(-c3nc(-c4ccccc4)nc(-c4c(-n5c6ccccc6c6cc7ccccc7cc65)ccc5oc6ccccc6c45)n3)c2)cc1. The molecule has 0 saturated heterocycles. The number of nitrogens with zero attached hydrogens (tertiary/aromatic N) is 4. The minimum Gasteiger partial charge on any atom is -0.456 e. The van der Waals surface area contributed by atoms with Gasteiger partial charge in [-0.15, -0.1) is 0 Å². The van der Waals surface area contributed by atoms with Gasteiger partial charge in [-0.25, -0.2) is 15.0 Å². The van der Waals surface area contributed by atoms with Gasteiger partial charge in [0.25, 0.3) is 0 Å². The first-order valence-corrected chi connectivity index (χ1v) is 18.1. The van der Waals surface area contributed by atoms with Crippen molar-refractivity contribution in [3.63, 3.8) is 0 Å². The normalized spacial score (nSPS) is 11.7. The highest BCUT2D eigenvalue weighted by molar-refractivity contribution is 6.17. The van der Waals surface area contributed by atoms with Gasteiger partial charge in [0.15, 0.2) is 17.5 Å². The van der Waals surface area contributed by atoms with Crippen molar-refractivity contribution in [2.75, 3.05) is 0 Å². The lowest BCUT2D eigenvalue weighted by molar-refractivity contribution is 0.669. The molecule has 252 valence electrons. The Morgan fingerprint density at radius 1 is 0.370 bits per heavy atom. The molecule has 0 atom stereocenters. The zero-order valence-corrected chi connectivity index (χ0v) is 29.0. The molecule has 3 aromatic heterocycles. The van der Waals surface area contributed by atoms with E-state index in [-0.39, 0.29) is 0 Å². The van der Waals surface area contributed by atoms with Gasteiger partial charge in [-0.3, -0.25) is 0 Å². The van der Waals surface area contributed by atoms with Crippen LogP contribution in [-0.4, -0.2) is 19.5 Å². The third-order valence-corrected chi connectivity index (χ3v) is 10.4. The van der Waals surface area contributed by atoms with E-state index in [1.165, 1.54) is 21.5 Å². The average molecular weight is 691 g/mol. The van der Waals surface area contributed by atoms with Crippen molar-refractivity contribution in [2.45, 2.75) is 0 Å². The van der Waals surface area contributed by atoms with Gasteiger partial charge in [0.1, 0.15) is 11.2 Å². The third kappa shape index (κ3) is 4.83. The Kier molecular flexibility index (Phi) is 6.79. The largest absolute Gasteiger partial charge is 0.456 e. The summed E-state index contributed by atoms with van der Waals surface area (Å²) in [6.07, 6.45) is 0. The van der Waals surface area contributed by atoms with Gasteiger partial charge in [-0.1, -0.05) is 140 Å². The molecule has 5 nitrogen and oxygen atoms in total. The smallest absolute Gasteiger partial charge is 0.166 e. The molecule has 5 heteroatoms. The van der Waals surface area contributed by atoms with E-state index in [9.17, 15) is 0 Å². The highest BCUT2D eigenvalue weighted by Crippen LogP contribution is 2.43. The summed E-state index contributed by atoms with van der Waals surface area (Å²) < 4.78 is 8.90. The number of furan rings is 1. The molecule has 0 unspecified atom stereocenters. The lowest BCUT2D eigenvalue weighted by atomic mass is 10.0. The first-order chi connectivity index (χ1) is 26.8. The van der Waals surface area contributed by atoms with Crippen LogP contribution in [0.3, 0.4) is 0 Å². The first-order valence-electron chi connectivity index (χ1n) is 18.1. The minimum atomic E-state index is 0.572. The number of para-hydroxylation sites is 2. The van der Waals surface area contributed by atoms with E-state index in [1.807, 2.05) is 36.4 Å². The van der Waals surface area contributed by atoms with E-state index in [0.29, 0.717) is 17.5 Å². The second kappa shape index (κ2) is 12.1. The molecule has 0 aliphatic heterocycles. The van der Waals surface area contributed by atoms with Crippen LogP contribution < -0.4 is 0 Å². The predicted octanol–water partition coefficient (Wildman–Crippen LogP) is 12.7. The topological polar surface area (TPSA) is 56.7 Å². The molecule has 0 spiro atoms. The van der Waals surface area contributed by atoms with Gasteiger partial charge >= 0.3 is 0 Å². The number of rotatable bonds is 5. The summed E-state index contributed by atoms with van der Waals surface area (Å²) in [6.45, 7) is 0. The molecule has 11 aromatic rings. The molecule has 54 heavy (non-hydrogen) atoms. The van der Waals surface area contributed by atoms with Gasteiger partial charge in [0.05, 0.1) is 22.3 Å². The van der Waals surface area contributed by atoms with Crippen molar-refractivity contribution in [3.05, 3.63) is 182 Å². The van der Waals surface area contributed by atoms with Crippen molar-refractivity contribution < 1.29 is 4.42 Å². The van der Waals surface area contributed by atoms with Gasteiger partial charge < -0.3 is 8.98 Å². The molecule has 0 amide bonds. The Bertz CT molecular complexity index is 3220. The molecular weight excluding hydrogens is 661 g/mol. The fourth-order valence-corrected chi connectivity index (χ4v) is 7.93. The summed E-state index contributed by atoms with van der Waals surface area (Å²) >= 11 is 0. The van der Waals surface area contributed by atoms with Crippen LogP contribution in [0.15, 0.2) is 186 Å². The van der Waals surface area contributed by atoms with Crippen molar-refractivity contribution in [1.29, 1.82) is 0 Å². The Labute approximate surface area is 310 Å². The molecule has 0 aliphatic carbocycles. The minimum absolute atomic E-state index is 0.572. The van der Waals surface area contributed by atoms with Crippen LogP contribution in [0.25, 0.3) is 105 Å². The van der Waals surface area contributed by atoms with Gasteiger partial charge in [-0.2, -0.15) is 0 Å². The van der Waals surface area contributed by atoms with Crippen LogP contribution in [0.2, 0.25) is 0 Å². The number of aromatic nitrogens is 4. The highest BCUT2D eigenvalue weighted by atomic mass is 16.3. The molecule has 0 fully saturated rings. The molecular formula is C49H30N4O. The number of hydrogen-bond acceptors (Lipinski definition) is 4. The number of benzene rings is 8. The summed E-state index contributed by atoms with van der Waals surface area (Å²) in [6, 6.07) is 63.3. The Morgan fingerprint density at radius 3 is 1.80 bits per heavy atom. The fourth-order valence-electron chi connectivity index (χ4n) is 7.93. The molecule has 0 N–H and O–H groups in total. The lowest BCUT2D eigenvalue weighted by Crippen LogP contribution is -2.04. The van der Waals surface area contributed by atoms with E-state index in [4.69, 9.17) is 19.4 Å². The standard InChI is InChI=1S/C49H30N4O/c1-3-14-31(15-4-1)33-20-13-21-36(28-33)48-50-47(32-16-5-2-6-17-32)51-49(52-48)46-41(26-27-44-45(46)38-23-10-12-25-43(38)54-44)53-40-24-11-9-22-37(40)39-29-34-18-7-8-19-35(34)30-42(39)53/h1-30H. The Hall–Kier alpha value is -7.37. The fraction of sp³-hybridized carbons (Fsp3) is 0. The van der Waals surface area contributed by atoms with Crippen molar-refractivity contribution in [3.8, 4) is 51.0 Å². The molecule has 0 saturated carbocycles.